The third kappa shape index (κ3) is 3.29. The first-order valence-corrected chi connectivity index (χ1v) is 7.68. The summed E-state index contributed by atoms with van der Waals surface area (Å²) in [7, 11) is 0. The molecule has 0 spiro atoms. The number of alkyl halides is 3. The van der Waals surface area contributed by atoms with Gasteiger partial charge in [0, 0.05) is 5.39 Å². The minimum Gasteiger partial charge on any atom is -0.478 e. The predicted molar refractivity (Wildman–Crippen MR) is 81.6 cm³/mol. The molecule has 1 heterocycles. The van der Waals surface area contributed by atoms with Gasteiger partial charge in [0.25, 0.3) is 0 Å². The molecule has 1 fully saturated rings. The number of hydrogen-bond donors (Lipinski definition) is 1. The molecule has 8 heteroatoms. The van der Waals surface area contributed by atoms with E-state index in [9.17, 15) is 27.9 Å². The number of nitrogens with zero attached hydrogens (tertiary/aromatic N) is 1. The Hall–Kier alpha value is -2.64. The Morgan fingerprint density at radius 2 is 1.96 bits per heavy atom. The lowest BCUT2D eigenvalue weighted by Crippen LogP contribution is -2.14. The van der Waals surface area contributed by atoms with Crippen LogP contribution in [-0.2, 0) is 10.9 Å². The number of carbonyl (C=O) groups excluding carboxylic acids is 1. The molecule has 1 aliphatic rings. The van der Waals surface area contributed by atoms with E-state index in [-0.39, 0.29) is 17.9 Å². The van der Waals surface area contributed by atoms with E-state index in [1.807, 2.05) is 0 Å². The summed E-state index contributed by atoms with van der Waals surface area (Å²) in [4.78, 5) is 27.2. The minimum atomic E-state index is -4.72. The summed E-state index contributed by atoms with van der Waals surface area (Å²) in [5.74, 6) is -2.40. The molecule has 0 amide bonds. The second-order valence-corrected chi connectivity index (χ2v) is 5.82. The Balaban J connectivity index is 2.34. The van der Waals surface area contributed by atoms with Crippen molar-refractivity contribution in [3.8, 4) is 0 Å². The quantitative estimate of drug-likeness (QED) is 0.841. The maximum atomic E-state index is 13.5. The lowest BCUT2D eigenvalue weighted by atomic mass is 9.98. The first kappa shape index (κ1) is 17.2. The summed E-state index contributed by atoms with van der Waals surface area (Å²) in [5.41, 5.74) is -2.02. The highest BCUT2D eigenvalue weighted by molar-refractivity contribution is 6.06. The van der Waals surface area contributed by atoms with Gasteiger partial charge in [-0.3, -0.25) is 0 Å². The fraction of sp³-hybridized carbons (Fsp3) is 0.353. The smallest absolute Gasteiger partial charge is 0.418 e. The van der Waals surface area contributed by atoms with Crippen molar-refractivity contribution in [2.24, 2.45) is 0 Å². The number of esters is 1. The summed E-state index contributed by atoms with van der Waals surface area (Å²) in [6.07, 6.45) is -3.20. The summed E-state index contributed by atoms with van der Waals surface area (Å²) >= 11 is 0. The van der Waals surface area contributed by atoms with Gasteiger partial charge in [-0.2, -0.15) is 13.2 Å². The second kappa shape index (κ2) is 6.02. The summed E-state index contributed by atoms with van der Waals surface area (Å²) < 4.78 is 45.2. The molecule has 0 bridgehead atoms. The van der Waals surface area contributed by atoms with Gasteiger partial charge in [-0.25, -0.2) is 14.6 Å². The standard InChI is InChI=1S/C17H14F3NO4/c1-2-25-16(24)13-7-11(15(22)23)10-5-9(8-3-4-8)6-12(14(10)21-13)17(18,19)20/h5-8H,2-4H2,1H3,(H,22,23). The molecule has 3 rings (SSSR count). The molecule has 1 aromatic heterocycles. The van der Waals surface area contributed by atoms with Crippen LogP contribution in [0.4, 0.5) is 13.2 Å². The fourth-order valence-corrected chi connectivity index (χ4v) is 2.70. The van der Waals surface area contributed by atoms with E-state index in [2.05, 4.69) is 4.98 Å². The number of aromatic carboxylic acids is 1. The van der Waals surface area contributed by atoms with Crippen molar-refractivity contribution >= 4 is 22.8 Å². The van der Waals surface area contributed by atoms with Crippen LogP contribution in [0.3, 0.4) is 0 Å². The number of carboxylic acid groups (broad SMARTS) is 1. The molecule has 25 heavy (non-hydrogen) atoms. The molecule has 0 saturated heterocycles. The number of pyridine rings is 1. The number of hydrogen-bond acceptors (Lipinski definition) is 4. The Morgan fingerprint density at radius 3 is 2.48 bits per heavy atom. The van der Waals surface area contributed by atoms with Crippen molar-refractivity contribution in [1.29, 1.82) is 0 Å². The van der Waals surface area contributed by atoms with Crippen molar-refractivity contribution in [2.75, 3.05) is 6.61 Å². The van der Waals surface area contributed by atoms with E-state index < -0.39 is 40.5 Å². The Kier molecular flexibility index (Phi) is 4.14. The van der Waals surface area contributed by atoms with Gasteiger partial charge in [-0.1, -0.05) is 0 Å². The molecular weight excluding hydrogens is 339 g/mol. The Morgan fingerprint density at radius 1 is 1.28 bits per heavy atom. The van der Waals surface area contributed by atoms with Gasteiger partial charge in [-0.15, -0.1) is 0 Å². The monoisotopic (exact) mass is 353 g/mol. The van der Waals surface area contributed by atoms with Gasteiger partial charge in [0.2, 0.25) is 0 Å². The third-order valence-electron chi connectivity index (χ3n) is 4.00. The highest BCUT2D eigenvalue weighted by Gasteiger charge is 2.37. The Bertz CT molecular complexity index is 872. The number of fused-ring (bicyclic) bond motifs is 1. The third-order valence-corrected chi connectivity index (χ3v) is 4.00. The van der Waals surface area contributed by atoms with Gasteiger partial charge >= 0.3 is 18.1 Å². The van der Waals surface area contributed by atoms with Crippen LogP contribution in [-0.4, -0.2) is 28.6 Å². The molecule has 0 atom stereocenters. The predicted octanol–water partition coefficient (Wildman–Crippen LogP) is 4.01. The average molecular weight is 353 g/mol. The first-order chi connectivity index (χ1) is 11.7. The average Bonchev–Trinajstić information content (AvgIpc) is 3.36. The molecule has 1 N–H and O–H groups in total. The zero-order valence-corrected chi connectivity index (χ0v) is 13.2. The number of benzene rings is 1. The van der Waals surface area contributed by atoms with Crippen LogP contribution < -0.4 is 0 Å². The maximum absolute atomic E-state index is 13.5. The van der Waals surface area contributed by atoms with Crippen LogP contribution in [0.1, 0.15) is 57.7 Å². The Labute approximate surface area is 140 Å². The van der Waals surface area contributed by atoms with Crippen molar-refractivity contribution in [3.63, 3.8) is 0 Å². The SMILES string of the molecule is CCOC(=O)c1cc(C(=O)O)c2cc(C3CC3)cc(C(F)(F)F)c2n1. The van der Waals surface area contributed by atoms with Gasteiger partial charge in [0.1, 0.15) is 5.69 Å². The highest BCUT2D eigenvalue weighted by Crippen LogP contribution is 2.44. The normalized spacial score (nSPS) is 14.6. The van der Waals surface area contributed by atoms with Gasteiger partial charge in [-0.05, 0) is 49.4 Å². The fourth-order valence-electron chi connectivity index (χ4n) is 2.70. The minimum absolute atomic E-state index is 0.00289. The van der Waals surface area contributed by atoms with Crippen LogP contribution in [0, 0.1) is 0 Å². The second-order valence-electron chi connectivity index (χ2n) is 5.82. The van der Waals surface area contributed by atoms with E-state index >= 15 is 0 Å². The highest BCUT2D eigenvalue weighted by atomic mass is 19.4. The maximum Gasteiger partial charge on any atom is 0.418 e. The van der Waals surface area contributed by atoms with Crippen molar-refractivity contribution in [2.45, 2.75) is 31.9 Å². The van der Waals surface area contributed by atoms with E-state index in [1.165, 1.54) is 13.0 Å². The van der Waals surface area contributed by atoms with Crippen LogP contribution in [0.5, 0.6) is 0 Å². The summed E-state index contributed by atoms with van der Waals surface area (Å²) in [5, 5.41) is 9.27. The molecular formula is C17H14F3NO4. The number of carbonyl (C=O) groups is 2. The molecule has 132 valence electrons. The molecule has 0 radical (unpaired) electrons. The molecule has 1 saturated carbocycles. The summed E-state index contributed by atoms with van der Waals surface area (Å²) in [6.45, 7) is 1.52. The number of halogens is 3. The first-order valence-electron chi connectivity index (χ1n) is 7.68. The van der Waals surface area contributed by atoms with E-state index in [0.29, 0.717) is 5.56 Å². The van der Waals surface area contributed by atoms with Crippen LogP contribution >= 0.6 is 0 Å². The van der Waals surface area contributed by atoms with Gasteiger partial charge in [0.05, 0.1) is 23.3 Å². The van der Waals surface area contributed by atoms with Crippen LogP contribution in [0.25, 0.3) is 10.9 Å². The molecule has 5 nitrogen and oxygen atoms in total. The van der Waals surface area contributed by atoms with Crippen molar-refractivity contribution in [1.82, 2.24) is 4.98 Å². The van der Waals surface area contributed by atoms with E-state index in [1.54, 1.807) is 0 Å². The topological polar surface area (TPSA) is 76.5 Å². The lowest BCUT2D eigenvalue weighted by Gasteiger charge is -2.14. The van der Waals surface area contributed by atoms with E-state index in [4.69, 9.17) is 4.74 Å². The number of carboxylic acids is 1. The van der Waals surface area contributed by atoms with Crippen molar-refractivity contribution < 1.29 is 32.6 Å². The number of ether oxygens (including phenoxy) is 1. The molecule has 0 unspecified atom stereocenters. The molecule has 1 aliphatic carbocycles. The molecule has 0 aliphatic heterocycles. The van der Waals surface area contributed by atoms with Crippen molar-refractivity contribution in [3.05, 3.63) is 40.6 Å². The molecule has 2 aromatic rings. The summed E-state index contributed by atoms with van der Waals surface area (Å²) in [6, 6.07) is 3.38. The molecule has 1 aromatic carbocycles. The number of aromatic nitrogens is 1. The number of rotatable bonds is 4. The zero-order valence-electron chi connectivity index (χ0n) is 13.2. The van der Waals surface area contributed by atoms with Crippen LogP contribution in [0.15, 0.2) is 18.2 Å². The largest absolute Gasteiger partial charge is 0.478 e. The lowest BCUT2D eigenvalue weighted by molar-refractivity contribution is -0.136. The van der Waals surface area contributed by atoms with Gasteiger partial charge in [0.15, 0.2) is 0 Å². The zero-order chi connectivity index (χ0) is 18.4. The van der Waals surface area contributed by atoms with E-state index in [0.717, 1.165) is 25.0 Å². The van der Waals surface area contributed by atoms with Crippen LogP contribution in [0.2, 0.25) is 0 Å². The van der Waals surface area contributed by atoms with Gasteiger partial charge < -0.3 is 9.84 Å².